The molecule has 108 valence electrons. The average Bonchev–Trinajstić information content (AvgIpc) is 3.00. The molecule has 0 aliphatic carbocycles. The predicted octanol–water partition coefficient (Wildman–Crippen LogP) is 1.99. The summed E-state index contributed by atoms with van der Waals surface area (Å²) >= 11 is 0. The average molecular weight is 283 g/mol. The number of hydrogen-bond donors (Lipinski definition) is 2. The van der Waals surface area contributed by atoms with Gasteiger partial charge in [0.2, 0.25) is 0 Å². The summed E-state index contributed by atoms with van der Waals surface area (Å²) in [6.07, 6.45) is 5.64. The standard InChI is InChI=1S/C16H17N3O2/c20-16(21)13-3-1-12(2-4-13)15-10-18-9-14(19-15)7-11-5-6-17-8-11/h1-4,9-11,17H,5-8H2,(H,20,21)/t11-/m0/s1. The molecule has 2 N–H and O–H groups in total. The van der Waals surface area contributed by atoms with Crippen LogP contribution in [-0.4, -0.2) is 34.1 Å². The van der Waals surface area contributed by atoms with Gasteiger partial charge in [-0.3, -0.25) is 4.98 Å². The van der Waals surface area contributed by atoms with E-state index in [-0.39, 0.29) is 5.56 Å². The third kappa shape index (κ3) is 3.25. The van der Waals surface area contributed by atoms with Gasteiger partial charge < -0.3 is 10.4 Å². The first kappa shape index (κ1) is 13.7. The summed E-state index contributed by atoms with van der Waals surface area (Å²) in [4.78, 5) is 19.8. The number of nitrogens with one attached hydrogen (secondary N) is 1. The number of hydrogen-bond acceptors (Lipinski definition) is 4. The first-order valence-corrected chi connectivity index (χ1v) is 7.08. The molecule has 0 bridgehead atoms. The highest BCUT2D eigenvalue weighted by Crippen LogP contribution is 2.19. The molecule has 1 aliphatic rings. The van der Waals surface area contributed by atoms with Gasteiger partial charge in [-0.25, -0.2) is 9.78 Å². The van der Waals surface area contributed by atoms with E-state index < -0.39 is 5.97 Å². The van der Waals surface area contributed by atoms with Crippen LogP contribution in [0.15, 0.2) is 36.7 Å². The van der Waals surface area contributed by atoms with E-state index in [9.17, 15) is 4.79 Å². The zero-order valence-corrected chi connectivity index (χ0v) is 11.6. The number of carboxylic acid groups (broad SMARTS) is 1. The van der Waals surface area contributed by atoms with Crippen LogP contribution in [-0.2, 0) is 6.42 Å². The zero-order chi connectivity index (χ0) is 14.7. The number of aromatic nitrogens is 2. The van der Waals surface area contributed by atoms with Crippen LogP contribution in [0.1, 0.15) is 22.5 Å². The second-order valence-electron chi connectivity index (χ2n) is 5.34. The lowest BCUT2D eigenvalue weighted by Crippen LogP contribution is -2.11. The first-order valence-electron chi connectivity index (χ1n) is 7.08. The molecule has 2 aromatic rings. The fourth-order valence-corrected chi connectivity index (χ4v) is 2.61. The highest BCUT2D eigenvalue weighted by Gasteiger charge is 2.16. The molecule has 1 aliphatic heterocycles. The van der Waals surface area contributed by atoms with E-state index in [2.05, 4.69) is 15.3 Å². The molecule has 1 fully saturated rings. The molecule has 0 spiro atoms. The Morgan fingerprint density at radius 2 is 2.10 bits per heavy atom. The molecule has 1 atom stereocenters. The van der Waals surface area contributed by atoms with Gasteiger partial charge in [0, 0.05) is 11.8 Å². The third-order valence-corrected chi connectivity index (χ3v) is 3.77. The molecule has 5 nitrogen and oxygen atoms in total. The lowest BCUT2D eigenvalue weighted by molar-refractivity contribution is 0.0697. The minimum absolute atomic E-state index is 0.278. The highest BCUT2D eigenvalue weighted by molar-refractivity contribution is 5.88. The van der Waals surface area contributed by atoms with Gasteiger partial charge >= 0.3 is 5.97 Å². The molecular weight excluding hydrogens is 266 g/mol. The van der Waals surface area contributed by atoms with E-state index in [1.807, 2.05) is 6.20 Å². The Balaban J connectivity index is 1.79. The monoisotopic (exact) mass is 283 g/mol. The van der Waals surface area contributed by atoms with Crippen LogP contribution in [0.2, 0.25) is 0 Å². The van der Waals surface area contributed by atoms with Gasteiger partial charge in [0.1, 0.15) is 0 Å². The van der Waals surface area contributed by atoms with Crippen molar-refractivity contribution in [2.24, 2.45) is 5.92 Å². The van der Waals surface area contributed by atoms with Gasteiger partial charge in [-0.1, -0.05) is 12.1 Å². The van der Waals surface area contributed by atoms with E-state index in [0.29, 0.717) is 5.92 Å². The number of benzene rings is 1. The molecule has 2 heterocycles. The van der Waals surface area contributed by atoms with E-state index in [1.165, 1.54) is 6.42 Å². The van der Waals surface area contributed by atoms with Crippen LogP contribution in [0.5, 0.6) is 0 Å². The molecule has 1 aromatic heterocycles. The minimum atomic E-state index is -0.921. The second kappa shape index (κ2) is 6.01. The van der Waals surface area contributed by atoms with Crippen molar-refractivity contribution in [2.45, 2.75) is 12.8 Å². The van der Waals surface area contributed by atoms with E-state index in [4.69, 9.17) is 5.11 Å². The lowest BCUT2D eigenvalue weighted by Gasteiger charge is -2.08. The third-order valence-electron chi connectivity index (χ3n) is 3.77. The molecule has 1 saturated heterocycles. The van der Waals surface area contributed by atoms with Crippen LogP contribution in [0, 0.1) is 5.92 Å². The van der Waals surface area contributed by atoms with Crippen molar-refractivity contribution < 1.29 is 9.90 Å². The summed E-state index contributed by atoms with van der Waals surface area (Å²) < 4.78 is 0. The number of rotatable bonds is 4. The number of nitrogens with zero attached hydrogens (tertiary/aromatic N) is 2. The molecule has 0 saturated carbocycles. The topological polar surface area (TPSA) is 75.1 Å². The summed E-state index contributed by atoms with van der Waals surface area (Å²) in [5.41, 5.74) is 2.94. The maximum Gasteiger partial charge on any atom is 0.335 e. The summed E-state index contributed by atoms with van der Waals surface area (Å²) in [5.74, 6) is -0.293. The molecule has 0 amide bonds. The Morgan fingerprint density at radius 1 is 1.29 bits per heavy atom. The van der Waals surface area contributed by atoms with Crippen LogP contribution >= 0.6 is 0 Å². The van der Waals surface area contributed by atoms with Crippen LogP contribution < -0.4 is 5.32 Å². The smallest absolute Gasteiger partial charge is 0.335 e. The molecule has 3 rings (SSSR count). The zero-order valence-electron chi connectivity index (χ0n) is 11.6. The van der Waals surface area contributed by atoms with Crippen molar-refractivity contribution in [3.05, 3.63) is 47.9 Å². The molecule has 0 radical (unpaired) electrons. The fraction of sp³-hybridized carbons (Fsp3) is 0.312. The predicted molar refractivity (Wildman–Crippen MR) is 79.1 cm³/mol. The quantitative estimate of drug-likeness (QED) is 0.897. The summed E-state index contributed by atoms with van der Waals surface area (Å²) in [6, 6.07) is 6.72. The van der Waals surface area contributed by atoms with E-state index in [1.54, 1.807) is 30.5 Å². The van der Waals surface area contributed by atoms with Crippen molar-refractivity contribution in [3.8, 4) is 11.3 Å². The number of carbonyl (C=O) groups is 1. The largest absolute Gasteiger partial charge is 0.478 e. The van der Waals surface area contributed by atoms with E-state index in [0.717, 1.165) is 36.5 Å². The molecule has 5 heteroatoms. The van der Waals surface area contributed by atoms with Crippen molar-refractivity contribution in [3.63, 3.8) is 0 Å². The Hall–Kier alpha value is -2.27. The second-order valence-corrected chi connectivity index (χ2v) is 5.34. The minimum Gasteiger partial charge on any atom is -0.478 e. The van der Waals surface area contributed by atoms with Crippen molar-refractivity contribution in [2.75, 3.05) is 13.1 Å². The summed E-state index contributed by atoms with van der Waals surface area (Å²) in [6.45, 7) is 2.12. The Bertz CT molecular complexity index is 634. The first-order chi connectivity index (χ1) is 10.2. The Kier molecular flexibility index (Phi) is 3.92. The molecule has 0 unspecified atom stereocenters. The molecule has 1 aromatic carbocycles. The SMILES string of the molecule is O=C(O)c1ccc(-c2cncc(C[C@@H]3CCNC3)n2)cc1. The van der Waals surface area contributed by atoms with Crippen LogP contribution in [0.4, 0.5) is 0 Å². The van der Waals surface area contributed by atoms with Gasteiger partial charge in [0.25, 0.3) is 0 Å². The highest BCUT2D eigenvalue weighted by atomic mass is 16.4. The van der Waals surface area contributed by atoms with Gasteiger partial charge in [-0.15, -0.1) is 0 Å². The van der Waals surface area contributed by atoms with Gasteiger partial charge in [-0.05, 0) is 44.0 Å². The van der Waals surface area contributed by atoms with Gasteiger partial charge in [-0.2, -0.15) is 0 Å². The summed E-state index contributed by atoms with van der Waals surface area (Å²) in [5, 5.41) is 12.3. The number of aromatic carboxylic acids is 1. The normalized spacial score (nSPS) is 17.8. The van der Waals surface area contributed by atoms with Crippen LogP contribution in [0.3, 0.4) is 0 Å². The lowest BCUT2D eigenvalue weighted by atomic mass is 10.0. The molecular formula is C16H17N3O2. The maximum absolute atomic E-state index is 10.9. The Morgan fingerprint density at radius 3 is 2.76 bits per heavy atom. The fourth-order valence-electron chi connectivity index (χ4n) is 2.61. The number of carboxylic acids is 1. The maximum atomic E-state index is 10.9. The summed E-state index contributed by atoms with van der Waals surface area (Å²) in [7, 11) is 0. The van der Waals surface area contributed by atoms with Gasteiger partial charge in [0.05, 0.1) is 23.1 Å². The van der Waals surface area contributed by atoms with Crippen molar-refractivity contribution in [1.29, 1.82) is 0 Å². The van der Waals surface area contributed by atoms with Crippen LogP contribution in [0.25, 0.3) is 11.3 Å². The van der Waals surface area contributed by atoms with E-state index >= 15 is 0 Å². The van der Waals surface area contributed by atoms with Crippen molar-refractivity contribution in [1.82, 2.24) is 15.3 Å². The van der Waals surface area contributed by atoms with Gasteiger partial charge in [0.15, 0.2) is 0 Å². The van der Waals surface area contributed by atoms with Crippen molar-refractivity contribution >= 4 is 5.97 Å². The molecule has 21 heavy (non-hydrogen) atoms. The Labute approximate surface area is 123 Å².